The lowest BCUT2D eigenvalue weighted by Crippen LogP contribution is -2.28. The molecule has 26 heavy (non-hydrogen) atoms. The molecular weight excluding hydrogens is 351 g/mol. The third-order valence-electron chi connectivity index (χ3n) is 4.25. The van der Waals surface area contributed by atoms with E-state index in [1.54, 1.807) is 29.9 Å². The van der Waals surface area contributed by atoms with E-state index in [1.165, 1.54) is 23.9 Å². The van der Waals surface area contributed by atoms with Crippen molar-refractivity contribution in [3.05, 3.63) is 70.3 Å². The average molecular weight is 372 g/mol. The Morgan fingerprint density at radius 3 is 2.54 bits per heavy atom. The van der Waals surface area contributed by atoms with Crippen molar-refractivity contribution in [2.24, 2.45) is 0 Å². The zero-order chi connectivity index (χ0) is 18.7. The van der Waals surface area contributed by atoms with Crippen LogP contribution in [0, 0.1) is 5.82 Å². The number of aromatic nitrogens is 2. The van der Waals surface area contributed by atoms with Crippen LogP contribution in [-0.4, -0.2) is 23.3 Å². The van der Waals surface area contributed by atoms with Gasteiger partial charge in [0.25, 0.3) is 5.56 Å². The fourth-order valence-electron chi connectivity index (χ4n) is 2.87. The van der Waals surface area contributed by atoms with E-state index in [2.05, 4.69) is 0 Å². The maximum Gasteiger partial charge on any atom is 0.262 e. The minimum Gasteiger partial charge on any atom is -0.383 e. The number of fused-ring (bicyclic) bond motifs is 1. The van der Waals surface area contributed by atoms with E-state index in [9.17, 15) is 9.18 Å². The number of hydrogen-bond donors (Lipinski definition) is 0. The van der Waals surface area contributed by atoms with Gasteiger partial charge in [0.1, 0.15) is 5.82 Å². The molecule has 0 aliphatic carbocycles. The third-order valence-corrected chi connectivity index (χ3v) is 5.37. The molecule has 0 aliphatic rings. The fraction of sp³-hybridized carbons (Fsp3) is 0.300. The molecule has 6 heteroatoms. The molecule has 1 heterocycles. The van der Waals surface area contributed by atoms with E-state index in [1.807, 2.05) is 32.0 Å². The van der Waals surface area contributed by atoms with Gasteiger partial charge in [0.2, 0.25) is 0 Å². The van der Waals surface area contributed by atoms with Gasteiger partial charge in [-0.3, -0.25) is 9.36 Å². The minimum absolute atomic E-state index is 0.0182. The summed E-state index contributed by atoms with van der Waals surface area (Å²) in [7, 11) is 1.62. The SMILES string of the molecule is COCC(C)n1c(SC(C)c2ccc(F)cc2)nc2ccccc2c1=O. The summed E-state index contributed by atoms with van der Waals surface area (Å²) in [6, 6.07) is 13.6. The lowest BCUT2D eigenvalue weighted by Gasteiger charge is -2.21. The zero-order valence-corrected chi connectivity index (χ0v) is 15.8. The summed E-state index contributed by atoms with van der Waals surface area (Å²) >= 11 is 1.49. The van der Waals surface area contributed by atoms with Crippen molar-refractivity contribution in [1.29, 1.82) is 0 Å². The highest BCUT2D eigenvalue weighted by Crippen LogP contribution is 2.34. The highest BCUT2D eigenvalue weighted by atomic mass is 32.2. The van der Waals surface area contributed by atoms with Crippen LogP contribution in [0.3, 0.4) is 0 Å². The monoisotopic (exact) mass is 372 g/mol. The number of methoxy groups -OCH3 is 1. The second-order valence-electron chi connectivity index (χ2n) is 6.20. The normalized spacial score (nSPS) is 13.7. The summed E-state index contributed by atoms with van der Waals surface area (Å²) in [4.78, 5) is 17.8. The van der Waals surface area contributed by atoms with Crippen molar-refractivity contribution in [2.45, 2.75) is 30.3 Å². The summed E-state index contributed by atoms with van der Waals surface area (Å²) in [5.74, 6) is -0.264. The van der Waals surface area contributed by atoms with Crippen molar-refractivity contribution in [3.63, 3.8) is 0 Å². The van der Waals surface area contributed by atoms with E-state index >= 15 is 0 Å². The van der Waals surface area contributed by atoms with Gasteiger partial charge in [-0.2, -0.15) is 0 Å². The van der Waals surface area contributed by atoms with Gasteiger partial charge >= 0.3 is 0 Å². The Morgan fingerprint density at radius 1 is 1.15 bits per heavy atom. The summed E-state index contributed by atoms with van der Waals surface area (Å²) in [5.41, 5.74) is 1.57. The van der Waals surface area contributed by atoms with Crippen LogP contribution in [0.5, 0.6) is 0 Å². The van der Waals surface area contributed by atoms with Crippen LogP contribution in [0.2, 0.25) is 0 Å². The third kappa shape index (κ3) is 3.81. The lowest BCUT2D eigenvalue weighted by atomic mass is 10.2. The van der Waals surface area contributed by atoms with Gasteiger partial charge in [-0.05, 0) is 43.7 Å². The molecule has 1 aromatic heterocycles. The van der Waals surface area contributed by atoms with Crippen LogP contribution in [0.25, 0.3) is 10.9 Å². The van der Waals surface area contributed by atoms with E-state index in [4.69, 9.17) is 9.72 Å². The zero-order valence-electron chi connectivity index (χ0n) is 15.0. The fourth-order valence-corrected chi connectivity index (χ4v) is 4.01. The smallest absolute Gasteiger partial charge is 0.262 e. The lowest BCUT2D eigenvalue weighted by molar-refractivity contribution is 0.156. The molecule has 0 bridgehead atoms. The predicted octanol–water partition coefficient (Wildman–Crippen LogP) is 4.60. The largest absolute Gasteiger partial charge is 0.383 e. The molecule has 2 aromatic carbocycles. The summed E-state index contributed by atoms with van der Waals surface area (Å²) in [5, 5.41) is 1.24. The van der Waals surface area contributed by atoms with Gasteiger partial charge in [0.15, 0.2) is 5.16 Å². The van der Waals surface area contributed by atoms with E-state index in [0.717, 1.165) is 5.56 Å². The van der Waals surface area contributed by atoms with Crippen LogP contribution >= 0.6 is 11.8 Å². The van der Waals surface area contributed by atoms with Crippen LogP contribution in [0.1, 0.15) is 30.7 Å². The maximum atomic E-state index is 13.2. The van der Waals surface area contributed by atoms with Crippen molar-refractivity contribution < 1.29 is 9.13 Å². The number of halogens is 1. The molecule has 0 fully saturated rings. The number of thioether (sulfide) groups is 1. The summed E-state index contributed by atoms with van der Waals surface area (Å²) < 4.78 is 20.1. The first-order chi connectivity index (χ1) is 12.5. The number of para-hydroxylation sites is 1. The molecular formula is C20H21FN2O2S. The molecule has 2 atom stereocenters. The molecule has 0 aliphatic heterocycles. The predicted molar refractivity (Wildman–Crippen MR) is 103 cm³/mol. The van der Waals surface area contributed by atoms with Gasteiger partial charge < -0.3 is 4.74 Å². The Kier molecular flexibility index (Phi) is 5.74. The number of rotatable bonds is 6. The first-order valence-electron chi connectivity index (χ1n) is 8.43. The number of ether oxygens (including phenoxy) is 1. The standard InChI is InChI=1S/C20H21FN2O2S/c1-13(12-25-3)23-19(24)17-6-4-5-7-18(17)22-20(23)26-14(2)15-8-10-16(21)11-9-15/h4-11,13-14H,12H2,1-3H3. The first-order valence-corrected chi connectivity index (χ1v) is 9.31. The quantitative estimate of drug-likeness (QED) is 0.469. The van der Waals surface area contributed by atoms with Gasteiger partial charge in [-0.15, -0.1) is 0 Å². The molecule has 0 N–H and O–H groups in total. The van der Waals surface area contributed by atoms with Gasteiger partial charge in [0.05, 0.1) is 23.6 Å². The summed E-state index contributed by atoms with van der Waals surface area (Å²) in [6.45, 7) is 4.37. The Bertz CT molecular complexity index is 956. The first kappa shape index (κ1) is 18.6. The minimum atomic E-state index is -0.264. The van der Waals surface area contributed by atoms with Crippen LogP contribution in [0.4, 0.5) is 4.39 Å². The van der Waals surface area contributed by atoms with Crippen molar-refractivity contribution in [3.8, 4) is 0 Å². The van der Waals surface area contributed by atoms with E-state index in [0.29, 0.717) is 22.7 Å². The van der Waals surface area contributed by atoms with E-state index in [-0.39, 0.29) is 22.7 Å². The topological polar surface area (TPSA) is 44.1 Å². The highest BCUT2D eigenvalue weighted by molar-refractivity contribution is 7.99. The summed E-state index contributed by atoms with van der Waals surface area (Å²) in [6.07, 6.45) is 0. The van der Waals surface area contributed by atoms with Crippen molar-refractivity contribution in [1.82, 2.24) is 9.55 Å². The average Bonchev–Trinajstić information content (AvgIpc) is 2.62. The molecule has 3 aromatic rings. The van der Waals surface area contributed by atoms with Gasteiger partial charge in [-0.25, -0.2) is 9.37 Å². The number of hydrogen-bond acceptors (Lipinski definition) is 4. The van der Waals surface area contributed by atoms with Crippen molar-refractivity contribution in [2.75, 3.05) is 13.7 Å². The van der Waals surface area contributed by atoms with Crippen LogP contribution in [-0.2, 0) is 4.74 Å². The Labute approximate surface area is 156 Å². The molecule has 0 saturated carbocycles. The molecule has 0 amide bonds. The molecule has 3 rings (SSSR count). The van der Waals surface area contributed by atoms with Crippen LogP contribution in [0.15, 0.2) is 58.5 Å². The Morgan fingerprint density at radius 2 is 1.85 bits per heavy atom. The van der Waals surface area contributed by atoms with Gasteiger partial charge in [0, 0.05) is 12.4 Å². The maximum absolute atomic E-state index is 13.2. The molecule has 136 valence electrons. The second kappa shape index (κ2) is 8.01. The molecule has 0 spiro atoms. The Balaban J connectivity index is 2.06. The molecule has 2 unspecified atom stereocenters. The number of benzene rings is 2. The molecule has 4 nitrogen and oxygen atoms in total. The van der Waals surface area contributed by atoms with Gasteiger partial charge in [-0.1, -0.05) is 36.0 Å². The molecule has 0 radical (unpaired) electrons. The Hall–Kier alpha value is -2.18. The van der Waals surface area contributed by atoms with Crippen molar-refractivity contribution >= 4 is 22.7 Å². The second-order valence-corrected chi connectivity index (χ2v) is 7.51. The highest BCUT2D eigenvalue weighted by Gasteiger charge is 2.19. The van der Waals surface area contributed by atoms with E-state index < -0.39 is 0 Å². The van der Waals surface area contributed by atoms with Crippen LogP contribution < -0.4 is 5.56 Å². The molecule has 0 saturated heterocycles. The number of nitrogens with zero attached hydrogens (tertiary/aromatic N) is 2.